The predicted octanol–water partition coefficient (Wildman–Crippen LogP) is 1.74. The van der Waals surface area contributed by atoms with Crippen molar-refractivity contribution in [3.63, 3.8) is 0 Å². The molecule has 2 aromatic rings. The lowest BCUT2D eigenvalue weighted by Gasteiger charge is -2.23. The molecular weight excluding hydrogens is 446 g/mol. The van der Waals surface area contributed by atoms with E-state index >= 15 is 0 Å². The average molecular weight is 476 g/mol. The van der Waals surface area contributed by atoms with Crippen LogP contribution >= 0.6 is 0 Å². The molecule has 10 heteroatoms. The van der Waals surface area contributed by atoms with E-state index < -0.39 is 16.7 Å². The SMILES string of the molecule is COc1cc(-c2c[nH]c(C(=NC3CN(C(=O)C4(C#N)CC4)CC3(C)C)C(=CN)C(N)=O)c2)ccn1. The van der Waals surface area contributed by atoms with E-state index in [1.54, 1.807) is 30.5 Å². The van der Waals surface area contributed by atoms with E-state index in [-0.39, 0.29) is 17.5 Å². The third-order valence-corrected chi connectivity index (χ3v) is 6.74. The van der Waals surface area contributed by atoms with E-state index in [9.17, 15) is 14.9 Å². The average Bonchev–Trinajstić information content (AvgIpc) is 3.38. The van der Waals surface area contributed by atoms with Gasteiger partial charge in [-0.3, -0.25) is 14.6 Å². The molecule has 1 aliphatic carbocycles. The summed E-state index contributed by atoms with van der Waals surface area (Å²) in [6.45, 7) is 4.82. The summed E-state index contributed by atoms with van der Waals surface area (Å²) in [6, 6.07) is 7.32. The molecule has 3 heterocycles. The van der Waals surface area contributed by atoms with Crippen LogP contribution in [-0.2, 0) is 9.59 Å². The van der Waals surface area contributed by atoms with E-state index in [0.29, 0.717) is 43.2 Å². The molecule has 1 unspecified atom stereocenters. The number of amides is 2. The van der Waals surface area contributed by atoms with Gasteiger partial charge in [-0.05, 0) is 30.5 Å². The van der Waals surface area contributed by atoms with Gasteiger partial charge in [-0.15, -0.1) is 0 Å². The number of aromatic nitrogens is 2. The maximum atomic E-state index is 13.0. The Morgan fingerprint density at radius 3 is 2.69 bits per heavy atom. The molecule has 2 amide bonds. The van der Waals surface area contributed by atoms with Crippen molar-refractivity contribution in [2.45, 2.75) is 32.7 Å². The minimum absolute atomic E-state index is 0.0713. The molecule has 2 aromatic heterocycles. The molecule has 2 fully saturated rings. The lowest BCUT2D eigenvalue weighted by Crippen LogP contribution is -2.36. The van der Waals surface area contributed by atoms with Crippen molar-refractivity contribution in [2.75, 3.05) is 20.2 Å². The lowest BCUT2D eigenvalue weighted by molar-refractivity contribution is -0.134. The number of H-pyrrole nitrogens is 1. The van der Waals surface area contributed by atoms with Crippen molar-refractivity contribution >= 4 is 17.5 Å². The second-order valence-corrected chi connectivity index (χ2v) is 9.70. The Balaban J connectivity index is 1.70. The normalized spacial score (nSPS) is 20.9. The summed E-state index contributed by atoms with van der Waals surface area (Å²) in [5, 5.41) is 9.46. The third-order valence-electron chi connectivity index (χ3n) is 6.74. The minimum Gasteiger partial charge on any atom is -0.481 e. The Bertz CT molecular complexity index is 1260. The molecule has 0 spiro atoms. The number of aliphatic imine (C=N–C) groups is 1. The molecule has 2 aliphatic rings. The molecule has 1 saturated heterocycles. The van der Waals surface area contributed by atoms with Gasteiger partial charge in [0.1, 0.15) is 5.41 Å². The van der Waals surface area contributed by atoms with Crippen molar-refractivity contribution in [2.24, 2.45) is 27.3 Å². The van der Waals surface area contributed by atoms with Gasteiger partial charge < -0.3 is 26.1 Å². The number of nitrogens with two attached hydrogens (primary N) is 2. The summed E-state index contributed by atoms with van der Waals surface area (Å²) < 4.78 is 5.21. The number of nitrogens with zero attached hydrogens (tertiary/aromatic N) is 4. The number of methoxy groups -OCH3 is 1. The van der Waals surface area contributed by atoms with Gasteiger partial charge in [-0.25, -0.2) is 4.98 Å². The van der Waals surface area contributed by atoms with Crippen molar-refractivity contribution in [1.29, 1.82) is 5.26 Å². The first-order valence-corrected chi connectivity index (χ1v) is 11.3. The Morgan fingerprint density at radius 1 is 1.34 bits per heavy atom. The minimum atomic E-state index is -0.896. The van der Waals surface area contributed by atoms with Crippen LogP contribution in [0.3, 0.4) is 0 Å². The van der Waals surface area contributed by atoms with E-state index in [4.69, 9.17) is 21.2 Å². The van der Waals surface area contributed by atoms with Crippen LogP contribution in [0.4, 0.5) is 0 Å². The van der Waals surface area contributed by atoms with Crippen LogP contribution < -0.4 is 16.2 Å². The zero-order valence-electron chi connectivity index (χ0n) is 20.0. The zero-order valence-corrected chi connectivity index (χ0v) is 20.0. The first-order chi connectivity index (χ1) is 16.6. The molecule has 1 aliphatic heterocycles. The summed E-state index contributed by atoms with van der Waals surface area (Å²) in [4.78, 5) is 39.2. The number of carbonyl (C=O) groups is 2. The van der Waals surface area contributed by atoms with E-state index in [0.717, 1.165) is 17.3 Å². The number of aromatic amines is 1. The quantitative estimate of drug-likeness (QED) is 0.408. The number of likely N-dealkylation sites (tertiary alicyclic amines) is 1. The number of primary amides is 1. The van der Waals surface area contributed by atoms with Gasteiger partial charge in [0.05, 0.1) is 36.2 Å². The van der Waals surface area contributed by atoms with Crippen molar-refractivity contribution < 1.29 is 14.3 Å². The Morgan fingerprint density at radius 2 is 2.09 bits per heavy atom. The smallest absolute Gasteiger partial charge is 0.252 e. The van der Waals surface area contributed by atoms with Gasteiger partial charge in [0.25, 0.3) is 5.91 Å². The molecule has 182 valence electrons. The number of nitrogens with one attached hydrogen (secondary N) is 1. The third kappa shape index (κ3) is 4.49. The highest BCUT2D eigenvalue weighted by molar-refractivity contribution is 6.27. The lowest BCUT2D eigenvalue weighted by atomic mass is 9.88. The monoisotopic (exact) mass is 475 g/mol. The first-order valence-electron chi connectivity index (χ1n) is 11.3. The predicted molar refractivity (Wildman–Crippen MR) is 130 cm³/mol. The Labute approximate surface area is 203 Å². The van der Waals surface area contributed by atoms with Crippen LogP contribution in [0.15, 0.2) is 47.4 Å². The molecular formula is C25H29N7O3. The summed E-state index contributed by atoms with van der Waals surface area (Å²) in [7, 11) is 1.55. The topological polar surface area (TPSA) is 163 Å². The molecule has 0 bridgehead atoms. The molecule has 1 atom stereocenters. The molecule has 1 saturated carbocycles. The van der Waals surface area contributed by atoms with Gasteiger partial charge >= 0.3 is 0 Å². The second-order valence-electron chi connectivity index (χ2n) is 9.70. The highest BCUT2D eigenvalue weighted by atomic mass is 16.5. The largest absolute Gasteiger partial charge is 0.481 e. The number of carbonyl (C=O) groups excluding carboxylic acids is 2. The summed E-state index contributed by atoms with van der Waals surface area (Å²) in [6.07, 6.45) is 5.76. The van der Waals surface area contributed by atoms with Gasteiger partial charge in [0, 0.05) is 48.7 Å². The van der Waals surface area contributed by atoms with Gasteiger partial charge in [0.15, 0.2) is 0 Å². The van der Waals surface area contributed by atoms with Gasteiger partial charge in [0.2, 0.25) is 11.8 Å². The molecule has 0 radical (unpaired) electrons. The maximum Gasteiger partial charge on any atom is 0.252 e. The first kappa shape index (κ1) is 24.0. The van der Waals surface area contributed by atoms with Crippen LogP contribution in [0.2, 0.25) is 0 Å². The van der Waals surface area contributed by atoms with E-state index in [1.165, 1.54) is 0 Å². The molecule has 10 nitrogen and oxygen atoms in total. The van der Waals surface area contributed by atoms with Crippen molar-refractivity contribution in [3.05, 3.63) is 48.1 Å². The number of pyridine rings is 1. The van der Waals surface area contributed by atoms with Crippen LogP contribution in [0.25, 0.3) is 11.1 Å². The molecule has 5 N–H and O–H groups in total. The molecule has 0 aromatic carbocycles. The van der Waals surface area contributed by atoms with Crippen molar-refractivity contribution in [3.8, 4) is 23.1 Å². The highest BCUT2D eigenvalue weighted by Crippen LogP contribution is 2.48. The zero-order chi connectivity index (χ0) is 25.4. The summed E-state index contributed by atoms with van der Waals surface area (Å²) >= 11 is 0. The number of hydrogen-bond acceptors (Lipinski definition) is 7. The maximum absolute atomic E-state index is 13.0. The highest BCUT2D eigenvalue weighted by Gasteiger charge is 2.55. The number of nitriles is 1. The number of hydrogen-bond donors (Lipinski definition) is 3. The second kappa shape index (κ2) is 8.91. The summed E-state index contributed by atoms with van der Waals surface area (Å²) in [5.41, 5.74) is 12.8. The Hall–Kier alpha value is -4.13. The van der Waals surface area contributed by atoms with E-state index in [1.807, 2.05) is 26.0 Å². The standard InChI is InChI=1S/C25H29N7O3/c1-24(2)14-32(23(34)25(13-27)5-6-25)12-19(24)31-21(17(10-26)22(28)33)18-8-16(11-30-18)15-4-7-29-20(9-15)35-3/h4,7-11,19,30H,5-6,12,14,26H2,1-3H3,(H2,28,33). The molecule has 35 heavy (non-hydrogen) atoms. The van der Waals surface area contributed by atoms with Gasteiger partial charge in [-0.1, -0.05) is 13.8 Å². The van der Waals surface area contributed by atoms with Crippen LogP contribution in [0.5, 0.6) is 5.88 Å². The van der Waals surface area contributed by atoms with Crippen LogP contribution in [0.1, 0.15) is 32.4 Å². The van der Waals surface area contributed by atoms with Crippen LogP contribution in [-0.4, -0.2) is 58.6 Å². The van der Waals surface area contributed by atoms with Gasteiger partial charge in [-0.2, -0.15) is 5.26 Å². The Kier molecular flexibility index (Phi) is 6.11. The fourth-order valence-corrected chi connectivity index (χ4v) is 4.41. The van der Waals surface area contributed by atoms with Crippen molar-refractivity contribution in [1.82, 2.24) is 14.9 Å². The number of ether oxygens (including phenoxy) is 1. The number of rotatable bonds is 7. The van der Waals surface area contributed by atoms with Crippen LogP contribution in [0, 0.1) is 22.2 Å². The van der Waals surface area contributed by atoms with E-state index in [2.05, 4.69) is 16.0 Å². The summed E-state index contributed by atoms with van der Waals surface area (Å²) in [5.74, 6) is -0.383. The fourth-order valence-electron chi connectivity index (χ4n) is 4.41. The fraction of sp³-hybridized carbons (Fsp3) is 0.400. The molecule has 4 rings (SSSR count).